The molecule has 3 aromatic heterocycles. The normalized spacial score (nSPS) is 12.6. The molecule has 0 bridgehead atoms. The molecular formula is C19H22N4O3S2. The quantitative estimate of drug-likeness (QED) is 0.658. The largest absolute Gasteiger partial charge is 0.464 e. The lowest BCUT2D eigenvalue weighted by Crippen LogP contribution is -2.49. The van der Waals surface area contributed by atoms with Gasteiger partial charge in [-0.1, -0.05) is 10.6 Å². The summed E-state index contributed by atoms with van der Waals surface area (Å²) in [6, 6.07) is 6.43. The predicted octanol–water partition coefficient (Wildman–Crippen LogP) is 3.80. The van der Waals surface area contributed by atoms with Crippen LogP contribution in [0.15, 0.2) is 39.4 Å². The summed E-state index contributed by atoms with van der Waals surface area (Å²) in [5, 5.41) is 10.4. The SMILES string of the molecule is Cc1ccc(C(C(=O)NC(C)(C)C)N(Cc2cccs2)C(=O)c2csnn2)o1. The summed E-state index contributed by atoms with van der Waals surface area (Å²) >= 11 is 2.61. The Morgan fingerprint density at radius 3 is 2.61 bits per heavy atom. The number of carbonyl (C=O) groups excluding carboxylic acids is 2. The lowest BCUT2D eigenvalue weighted by molar-refractivity contribution is -0.128. The van der Waals surface area contributed by atoms with Gasteiger partial charge in [-0.25, -0.2) is 0 Å². The molecule has 148 valence electrons. The van der Waals surface area contributed by atoms with Crippen LogP contribution in [0.2, 0.25) is 0 Å². The van der Waals surface area contributed by atoms with Crippen LogP contribution >= 0.6 is 22.9 Å². The minimum absolute atomic E-state index is 0.207. The number of hydrogen-bond donors (Lipinski definition) is 1. The van der Waals surface area contributed by atoms with Crippen molar-refractivity contribution in [3.05, 3.63) is 57.1 Å². The van der Waals surface area contributed by atoms with E-state index >= 15 is 0 Å². The minimum Gasteiger partial charge on any atom is -0.464 e. The zero-order valence-electron chi connectivity index (χ0n) is 16.1. The van der Waals surface area contributed by atoms with Crippen molar-refractivity contribution >= 4 is 34.7 Å². The van der Waals surface area contributed by atoms with E-state index in [1.807, 2.05) is 38.3 Å². The van der Waals surface area contributed by atoms with Gasteiger partial charge in [0.25, 0.3) is 11.8 Å². The molecule has 9 heteroatoms. The monoisotopic (exact) mass is 418 g/mol. The number of nitrogens with one attached hydrogen (secondary N) is 1. The molecule has 28 heavy (non-hydrogen) atoms. The summed E-state index contributed by atoms with van der Waals surface area (Å²) in [6.07, 6.45) is 0. The van der Waals surface area contributed by atoms with Gasteiger partial charge >= 0.3 is 0 Å². The fraction of sp³-hybridized carbons (Fsp3) is 0.368. The van der Waals surface area contributed by atoms with Crippen LogP contribution in [0.4, 0.5) is 0 Å². The number of hydrogen-bond acceptors (Lipinski definition) is 7. The van der Waals surface area contributed by atoms with Crippen molar-refractivity contribution in [2.24, 2.45) is 0 Å². The number of rotatable bonds is 6. The van der Waals surface area contributed by atoms with Crippen LogP contribution in [0.5, 0.6) is 0 Å². The van der Waals surface area contributed by atoms with Gasteiger partial charge < -0.3 is 14.6 Å². The van der Waals surface area contributed by atoms with Crippen LogP contribution in [-0.2, 0) is 11.3 Å². The third kappa shape index (κ3) is 4.85. The molecule has 3 heterocycles. The molecule has 0 saturated carbocycles. The highest BCUT2D eigenvalue weighted by Crippen LogP contribution is 2.28. The van der Waals surface area contributed by atoms with Gasteiger partial charge in [0, 0.05) is 15.8 Å². The number of carbonyl (C=O) groups is 2. The third-order valence-corrected chi connectivity index (χ3v) is 5.20. The van der Waals surface area contributed by atoms with Gasteiger partial charge in [-0.05, 0) is 62.8 Å². The number of aryl methyl sites for hydroxylation is 1. The summed E-state index contributed by atoms with van der Waals surface area (Å²) in [5.41, 5.74) is -0.255. The van der Waals surface area contributed by atoms with Crippen LogP contribution in [0.3, 0.4) is 0 Å². The molecule has 1 unspecified atom stereocenters. The van der Waals surface area contributed by atoms with Crippen LogP contribution in [-0.4, -0.2) is 31.8 Å². The van der Waals surface area contributed by atoms with Gasteiger partial charge in [-0.3, -0.25) is 9.59 Å². The van der Waals surface area contributed by atoms with Crippen LogP contribution in [0.25, 0.3) is 0 Å². The van der Waals surface area contributed by atoms with E-state index in [1.165, 1.54) is 16.2 Å². The molecule has 0 radical (unpaired) electrons. The van der Waals surface area contributed by atoms with Gasteiger partial charge in [0.2, 0.25) is 0 Å². The Labute approximate surface area is 171 Å². The van der Waals surface area contributed by atoms with Crippen LogP contribution < -0.4 is 5.32 Å². The van der Waals surface area contributed by atoms with Crippen molar-refractivity contribution in [3.63, 3.8) is 0 Å². The van der Waals surface area contributed by atoms with E-state index in [4.69, 9.17) is 4.42 Å². The lowest BCUT2D eigenvalue weighted by atomic mass is 10.1. The van der Waals surface area contributed by atoms with Crippen LogP contribution in [0, 0.1) is 6.92 Å². The zero-order chi connectivity index (χ0) is 20.3. The Morgan fingerprint density at radius 2 is 2.07 bits per heavy atom. The highest BCUT2D eigenvalue weighted by atomic mass is 32.1. The van der Waals surface area contributed by atoms with Gasteiger partial charge in [0.05, 0.1) is 6.54 Å². The van der Waals surface area contributed by atoms with Crippen molar-refractivity contribution in [1.29, 1.82) is 0 Å². The third-order valence-electron chi connectivity index (χ3n) is 3.84. The van der Waals surface area contributed by atoms with Crippen molar-refractivity contribution in [2.45, 2.75) is 45.8 Å². The molecule has 0 aliphatic rings. The molecule has 3 aromatic rings. The molecule has 0 aromatic carbocycles. The lowest BCUT2D eigenvalue weighted by Gasteiger charge is -2.31. The standard InChI is InChI=1S/C19H22N4O3S2/c1-12-7-8-15(26-12)16(17(24)20-19(2,3)4)23(10-13-6-5-9-27-13)18(25)14-11-28-22-21-14/h5-9,11,16H,10H2,1-4H3,(H,20,24). The van der Waals surface area contributed by atoms with Crippen molar-refractivity contribution in [2.75, 3.05) is 0 Å². The average Bonchev–Trinajstić information content (AvgIpc) is 3.35. The molecule has 0 aliphatic carbocycles. The molecule has 0 aliphatic heterocycles. The first-order chi connectivity index (χ1) is 13.2. The van der Waals surface area contributed by atoms with E-state index in [9.17, 15) is 9.59 Å². The average molecular weight is 419 g/mol. The second-order valence-corrected chi connectivity index (χ2v) is 9.03. The minimum atomic E-state index is -0.927. The molecule has 0 saturated heterocycles. The molecule has 1 N–H and O–H groups in total. The summed E-state index contributed by atoms with van der Waals surface area (Å²) in [7, 11) is 0. The summed E-state index contributed by atoms with van der Waals surface area (Å²) < 4.78 is 9.55. The fourth-order valence-electron chi connectivity index (χ4n) is 2.72. The Bertz CT molecular complexity index is 927. The molecule has 2 amide bonds. The fourth-order valence-corrected chi connectivity index (χ4v) is 3.85. The van der Waals surface area contributed by atoms with E-state index in [0.717, 1.165) is 16.4 Å². The topological polar surface area (TPSA) is 88.3 Å². The maximum absolute atomic E-state index is 13.2. The Balaban J connectivity index is 2.04. The molecule has 0 spiro atoms. The Hall–Kier alpha value is -2.52. The van der Waals surface area contributed by atoms with E-state index in [2.05, 4.69) is 14.9 Å². The number of nitrogens with zero attached hydrogens (tertiary/aromatic N) is 3. The molecule has 1 atom stereocenters. The smallest absolute Gasteiger partial charge is 0.276 e. The summed E-state index contributed by atoms with van der Waals surface area (Å²) in [6.45, 7) is 7.75. The first kappa shape index (κ1) is 20.2. The molecule has 3 rings (SSSR count). The van der Waals surface area contributed by atoms with E-state index < -0.39 is 11.6 Å². The molecular weight excluding hydrogens is 396 g/mol. The van der Waals surface area contributed by atoms with Gasteiger partial charge in [0.15, 0.2) is 11.7 Å². The summed E-state index contributed by atoms with van der Waals surface area (Å²) in [5.74, 6) is 0.398. The van der Waals surface area contributed by atoms with Crippen molar-refractivity contribution in [1.82, 2.24) is 19.8 Å². The molecule has 7 nitrogen and oxygen atoms in total. The number of furan rings is 1. The first-order valence-electron chi connectivity index (χ1n) is 8.73. The molecule has 0 fully saturated rings. The second-order valence-electron chi connectivity index (χ2n) is 7.39. The number of thiophene rings is 1. The zero-order valence-corrected chi connectivity index (χ0v) is 17.8. The summed E-state index contributed by atoms with van der Waals surface area (Å²) in [4.78, 5) is 28.9. The van der Waals surface area contributed by atoms with E-state index in [1.54, 1.807) is 24.4 Å². The van der Waals surface area contributed by atoms with E-state index in [-0.39, 0.29) is 24.1 Å². The van der Waals surface area contributed by atoms with Gasteiger partial charge in [0.1, 0.15) is 11.5 Å². The van der Waals surface area contributed by atoms with Crippen LogP contribution in [0.1, 0.15) is 53.7 Å². The first-order valence-corrected chi connectivity index (χ1v) is 10.4. The highest BCUT2D eigenvalue weighted by Gasteiger charge is 2.36. The predicted molar refractivity (Wildman–Crippen MR) is 108 cm³/mol. The van der Waals surface area contributed by atoms with Gasteiger partial charge in [-0.15, -0.1) is 16.4 Å². The van der Waals surface area contributed by atoms with Crippen molar-refractivity contribution in [3.8, 4) is 0 Å². The number of amides is 2. The Kier molecular flexibility index (Phi) is 5.95. The maximum atomic E-state index is 13.2. The van der Waals surface area contributed by atoms with Crippen molar-refractivity contribution < 1.29 is 14.0 Å². The Morgan fingerprint density at radius 1 is 1.29 bits per heavy atom. The number of aromatic nitrogens is 2. The van der Waals surface area contributed by atoms with Gasteiger partial charge in [-0.2, -0.15) is 0 Å². The second kappa shape index (κ2) is 8.24. The van der Waals surface area contributed by atoms with E-state index in [0.29, 0.717) is 11.5 Å². The highest BCUT2D eigenvalue weighted by molar-refractivity contribution is 7.09. The maximum Gasteiger partial charge on any atom is 0.276 e.